The molecule has 0 amide bonds. The highest BCUT2D eigenvalue weighted by atomic mass is 16.1. The van der Waals surface area contributed by atoms with Crippen molar-refractivity contribution in [2.24, 2.45) is 0 Å². The maximum Gasteiger partial charge on any atom is 0.155 e. The molecule has 0 N–H and O–H groups in total. The normalized spacial score (nSPS) is 11.2. The van der Waals surface area contributed by atoms with Gasteiger partial charge in [0.05, 0.1) is 0 Å². The zero-order valence-corrected chi connectivity index (χ0v) is 6.92. The quantitative estimate of drug-likeness (QED) is 0.546. The van der Waals surface area contributed by atoms with Gasteiger partial charge in [-0.1, -0.05) is 13.0 Å². The van der Waals surface area contributed by atoms with Crippen LogP contribution in [0.25, 0.3) is 0 Å². The molecule has 0 aliphatic carbocycles. The third kappa shape index (κ3) is 5.51. The zero-order chi connectivity index (χ0) is 7.98. The van der Waals surface area contributed by atoms with Crippen molar-refractivity contribution in [2.45, 2.75) is 13.3 Å². The summed E-state index contributed by atoms with van der Waals surface area (Å²) in [6.07, 6.45) is 4.12. The Bertz CT molecular complexity index is 127. The highest BCUT2D eigenvalue weighted by molar-refractivity contribution is 5.89. The molecule has 0 aliphatic heterocycles. The van der Waals surface area contributed by atoms with Crippen LogP contribution in [0, 0.1) is 0 Å². The van der Waals surface area contributed by atoms with Crippen LogP contribution < -0.4 is 0 Å². The van der Waals surface area contributed by atoms with Gasteiger partial charge in [-0.3, -0.25) is 4.79 Å². The van der Waals surface area contributed by atoms with E-state index in [1.54, 1.807) is 6.08 Å². The minimum Gasteiger partial charge on any atom is -0.306 e. The van der Waals surface area contributed by atoms with Gasteiger partial charge in [-0.2, -0.15) is 0 Å². The number of nitrogens with zero attached hydrogens (tertiary/aromatic N) is 1. The van der Waals surface area contributed by atoms with Gasteiger partial charge in [-0.25, -0.2) is 0 Å². The van der Waals surface area contributed by atoms with Crippen LogP contribution in [0.5, 0.6) is 0 Å². The van der Waals surface area contributed by atoms with Gasteiger partial charge in [0.1, 0.15) is 0 Å². The molecule has 0 aromatic rings. The Labute approximate surface area is 62.5 Å². The number of ketones is 1. The molecule has 2 nitrogen and oxygen atoms in total. The van der Waals surface area contributed by atoms with E-state index in [1.165, 1.54) is 0 Å². The molecule has 0 spiro atoms. The predicted molar refractivity (Wildman–Crippen MR) is 43.0 cm³/mol. The minimum atomic E-state index is 0.196. The molecule has 0 aromatic carbocycles. The van der Waals surface area contributed by atoms with Crippen LogP contribution in [0.1, 0.15) is 13.3 Å². The van der Waals surface area contributed by atoms with Crippen LogP contribution in [0.4, 0.5) is 0 Å². The van der Waals surface area contributed by atoms with E-state index in [4.69, 9.17) is 0 Å². The van der Waals surface area contributed by atoms with Gasteiger partial charge in [0.25, 0.3) is 0 Å². The van der Waals surface area contributed by atoms with E-state index in [2.05, 4.69) is 0 Å². The number of allylic oxidation sites excluding steroid dienone is 1. The molecular formula is C8H15NO. The van der Waals surface area contributed by atoms with Crippen molar-refractivity contribution in [3.05, 3.63) is 12.2 Å². The molecule has 2 heteroatoms. The average molecular weight is 141 g/mol. The van der Waals surface area contributed by atoms with Crippen LogP contribution in [0.2, 0.25) is 0 Å². The minimum absolute atomic E-state index is 0.196. The number of likely N-dealkylation sites (N-methyl/N-ethyl adjacent to an activating group) is 1. The molecule has 0 radical (unpaired) electrons. The first-order valence-electron chi connectivity index (χ1n) is 3.51. The lowest BCUT2D eigenvalue weighted by molar-refractivity contribution is -0.114. The third-order valence-corrected chi connectivity index (χ3v) is 1.12. The molecular weight excluding hydrogens is 126 g/mol. The van der Waals surface area contributed by atoms with Crippen LogP contribution in [0.15, 0.2) is 12.2 Å². The van der Waals surface area contributed by atoms with E-state index in [1.807, 2.05) is 32.0 Å². The lowest BCUT2D eigenvalue weighted by atomic mass is 10.3. The smallest absolute Gasteiger partial charge is 0.155 e. The second-order valence-corrected chi connectivity index (χ2v) is 2.48. The monoisotopic (exact) mass is 141 g/mol. The molecule has 0 atom stereocenters. The summed E-state index contributed by atoms with van der Waals surface area (Å²) >= 11 is 0. The van der Waals surface area contributed by atoms with Gasteiger partial charge in [-0.15, -0.1) is 0 Å². The van der Waals surface area contributed by atoms with Crippen molar-refractivity contribution >= 4 is 5.78 Å². The van der Waals surface area contributed by atoms with Crippen molar-refractivity contribution in [2.75, 3.05) is 20.6 Å². The molecule has 0 fully saturated rings. The third-order valence-electron chi connectivity index (χ3n) is 1.12. The molecule has 0 aliphatic rings. The van der Waals surface area contributed by atoms with Gasteiger partial charge >= 0.3 is 0 Å². The van der Waals surface area contributed by atoms with Crippen molar-refractivity contribution in [1.82, 2.24) is 4.90 Å². The van der Waals surface area contributed by atoms with Crippen molar-refractivity contribution in [1.29, 1.82) is 0 Å². The van der Waals surface area contributed by atoms with Crippen molar-refractivity contribution in [3.63, 3.8) is 0 Å². The first-order valence-corrected chi connectivity index (χ1v) is 3.51. The zero-order valence-electron chi connectivity index (χ0n) is 6.92. The Morgan fingerprint density at radius 3 is 2.50 bits per heavy atom. The summed E-state index contributed by atoms with van der Waals surface area (Å²) in [6, 6.07) is 0. The standard InChI is InChI=1S/C8H15NO/c1-4-8(10)6-5-7-9(2)3/h5-6H,4,7H2,1-3H3. The molecule has 10 heavy (non-hydrogen) atoms. The second-order valence-electron chi connectivity index (χ2n) is 2.48. The van der Waals surface area contributed by atoms with Crippen LogP contribution in [-0.2, 0) is 4.79 Å². The second kappa shape index (κ2) is 5.18. The Kier molecular flexibility index (Phi) is 4.85. The summed E-state index contributed by atoms with van der Waals surface area (Å²) in [6.45, 7) is 2.70. The van der Waals surface area contributed by atoms with E-state index >= 15 is 0 Å². The lowest BCUT2D eigenvalue weighted by Gasteiger charge is -2.02. The number of rotatable bonds is 4. The van der Waals surface area contributed by atoms with Gasteiger partial charge < -0.3 is 4.90 Å². The number of hydrogen-bond acceptors (Lipinski definition) is 2. The summed E-state index contributed by atoms with van der Waals surface area (Å²) in [5, 5.41) is 0. The first-order chi connectivity index (χ1) is 4.66. The first kappa shape index (κ1) is 9.37. The van der Waals surface area contributed by atoms with Crippen molar-refractivity contribution < 1.29 is 4.79 Å². The Morgan fingerprint density at radius 2 is 2.10 bits per heavy atom. The fourth-order valence-corrected chi connectivity index (χ4v) is 0.513. The topological polar surface area (TPSA) is 20.3 Å². The van der Waals surface area contributed by atoms with E-state index in [9.17, 15) is 4.79 Å². The maximum absolute atomic E-state index is 10.7. The van der Waals surface area contributed by atoms with Gasteiger partial charge in [0.2, 0.25) is 0 Å². The molecule has 0 heterocycles. The lowest BCUT2D eigenvalue weighted by Crippen LogP contribution is -2.10. The molecule has 0 bridgehead atoms. The molecule has 0 unspecified atom stereocenters. The van der Waals surface area contributed by atoms with E-state index in [-0.39, 0.29) is 5.78 Å². The summed E-state index contributed by atoms with van der Waals surface area (Å²) in [5.41, 5.74) is 0. The Balaban J connectivity index is 3.46. The van der Waals surface area contributed by atoms with Crippen LogP contribution >= 0.6 is 0 Å². The SMILES string of the molecule is CCC(=O)C=CCN(C)C. The number of hydrogen-bond donors (Lipinski definition) is 0. The fraction of sp³-hybridized carbons (Fsp3) is 0.625. The Hall–Kier alpha value is -0.630. The van der Waals surface area contributed by atoms with E-state index in [0.717, 1.165) is 6.54 Å². The largest absolute Gasteiger partial charge is 0.306 e. The summed E-state index contributed by atoms with van der Waals surface area (Å²) < 4.78 is 0. The molecule has 0 saturated carbocycles. The Morgan fingerprint density at radius 1 is 1.50 bits per heavy atom. The number of carbonyl (C=O) groups excluding carboxylic acids is 1. The van der Waals surface area contributed by atoms with E-state index < -0.39 is 0 Å². The predicted octanol–water partition coefficient (Wildman–Crippen LogP) is 1.08. The highest BCUT2D eigenvalue weighted by Gasteiger charge is 1.88. The van der Waals surface area contributed by atoms with Crippen molar-refractivity contribution in [3.8, 4) is 0 Å². The van der Waals surface area contributed by atoms with Crippen LogP contribution in [0.3, 0.4) is 0 Å². The molecule has 58 valence electrons. The summed E-state index contributed by atoms with van der Waals surface area (Å²) in [7, 11) is 3.95. The molecule has 0 rings (SSSR count). The molecule has 0 aromatic heterocycles. The van der Waals surface area contributed by atoms with Gasteiger partial charge in [0, 0.05) is 13.0 Å². The van der Waals surface area contributed by atoms with Gasteiger partial charge in [0.15, 0.2) is 5.78 Å². The number of carbonyl (C=O) groups is 1. The van der Waals surface area contributed by atoms with Gasteiger partial charge in [-0.05, 0) is 20.2 Å². The average Bonchev–Trinajstić information content (AvgIpc) is 1.87. The van der Waals surface area contributed by atoms with E-state index in [0.29, 0.717) is 6.42 Å². The fourth-order valence-electron chi connectivity index (χ4n) is 0.513. The summed E-state index contributed by atoms with van der Waals surface area (Å²) in [5.74, 6) is 0.196. The highest BCUT2D eigenvalue weighted by Crippen LogP contribution is 1.83. The summed E-state index contributed by atoms with van der Waals surface area (Å²) in [4.78, 5) is 12.7. The maximum atomic E-state index is 10.7. The van der Waals surface area contributed by atoms with Crippen LogP contribution in [-0.4, -0.2) is 31.3 Å². The molecule has 0 saturated heterocycles.